The van der Waals surface area contributed by atoms with Crippen LogP contribution in [0.15, 0.2) is 47.0 Å². The third-order valence-corrected chi connectivity index (χ3v) is 5.72. The molecule has 1 N–H and O–H groups in total. The van der Waals surface area contributed by atoms with E-state index >= 15 is 0 Å². The molecule has 0 unspecified atom stereocenters. The van der Waals surface area contributed by atoms with Crippen molar-refractivity contribution in [3.8, 4) is 22.8 Å². The number of anilines is 1. The largest absolute Gasteiger partial charge is 0.496 e. The van der Waals surface area contributed by atoms with Crippen molar-refractivity contribution in [3.63, 3.8) is 0 Å². The summed E-state index contributed by atoms with van der Waals surface area (Å²) in [5.74, 6) is 1.96. The van der Waals surface area contributed by atoms with Crippen molar-refractivity contribution in [2.24, 2.45) is 0 Å². The van der Waals surface area contributed by atoms with Gasteiger partial charge in [0.15, 0.2) is 11.7 Å². The summed E-state index contributed by atoms with van der Waals surface area (Å²) in [6.07, 6.45) is 1.68. The summed E-state index contributed by atoms with van der Waals surface area (Å²) in [5.41, 5.74) is 2.17. The minimum Gasteiger partial charge on any atom is -0.496 e. The number of nitrogens with zero attached hydrogens (tertiary/aromatic N) is 3. The van der Waals surface area contributed by atoms with Crippen LogP contribution in [0.1, 0.15) is 11.5 Å². The normalized spacial score (nSPS) is 13.7. The predicted octanol–water partition coefficient (Wildman–Crippen LogP) is 3.84. The third kappa shape index (κ3) is 4.87. The summed E-state index contributed by atoms with van der Waals surface area (Å²) in [6, 6.07) is 10.3. The molecule has 0 spiro atoms. The van der Waals surface area contributed by atoms with E-state index in [-0.39, 0.29) is 12.6 Å². The van der Waals surface area contributed by atoms with Gasteiger partial charge in [0.25, 0.3) is 0 Å². The summed E-state index contributed by atoms with van der Waals surface area (Å²) in [6.45, 7) is 4.29. The number of piperazine rings is 1. The van der Waals surface area contributed by atoms with Gasteiger partial charge in [-0.3, -0.25) is 0 Å². The number of carbonyl (C=O) groups excluding carboxylic acids is 1. The standard InChI is InChI=1S/C24H27FN4O4/c1-16-26-15-23(33-16)18-8-7-17(13-22(18)32-3)28-9-11-29(12-10-28)24(30)27-14-19-20(25)5-4-6-21(19)31-2/h4-8,13,15H,9-12,14H2,1-3H3,(H,27,30). The topological polar surface area (TPSA) is 80.1 Å². The van der Waals surface area contributed by atoms with Crippen LogP contribution in [-0.2, 0) is 6.54 Å². The van der Waals surface area contributed by atoms with Crippen LogP contribution in [0.5, 0.6) is 11.5 Å². The Bertz CT molecular complexity index is 1130. The highest BCUT2D eigenvalue weighted by molar-refractivity contribution is 5.75. The SMILES string of the molecule is COc1cc(N2CCN(C(=O)NCc3c(F)cccc3OC)CC2)ccc1-c1cnc(C)o1. The number of methoxy groups -OCH3 is 2. The van der Waals surface area contributed by atoms with E-state index in [2.05, 4.69) is 15.2 Å². The molecule has 0 atom stereocenters. The molecule has 1 saturated heterocycles. The predicted molar refractivity (Wildman–Crippen MR) is 122 cm³/mol. The molecule has 0 radical (unpaired) electrons. The molecule has 174 valence electrons. The lowest BCUT2D eigenvalue weighted by Gasteiger charge is -2.36. The van der Waals surface area contributed by atoms with Crippen molar-refractivity contribution in [3.05, 3.63) is 59.9 Å². The Hall–Kier alpha value is -3.75. The maximum Gasteiger partial charge on any atom is 0.317 e. The van der Waals surface area contributed by atoms with Gasteiger partial charge < -0.3 is 29.0 Å². The second-order valence-electron chi connectivity index (χ2n) is 7.68. The molecule has 4 rings (SSSR count). The summed E-state index contributed by atoms with van der Waals surface area (Å²) in [4.78, 5) is 20.7. The molecule has 1 aliphatic heterocycles. The molecule has 33 heavy (non-hydrogen) atoms. The van der Waals surface area contributed by atoms with Gasteiger partial charge in [0.1, 0.15) is 17.3 Å². The number of hydrogen-bond donors (Lipinski definition) is 1. The number of oxazole rings is 1. The van der Waals surface area contributed by atoms with Gasteiger partial charge in [-0.2, -0.15) is 0 Å². The zero-order chi connectivity index (χ0) is 23.4. The van der Waals surface area contributed by atoms with Crippen molar-refractivity contribution in [2.75, 3.05) is 45.3 Å². The molecular formula is C24H27FN4O4. The number of hydrogen-bond acceptors (Lipinski definition) is 6. The second-order valence-corrected chi connectivity index (χ2v) is 7.68. The minimum absolute atomic E-state index is 0.0642. The Labute approximate surface area is 191 Å². The van der Waals surface area contributed by atoms with Gasteiger partial charge in [-0.1, -0.05) is 6.07 Å². The van der Waals surface area contributed by atoms with Gasteiger partial charge in [-0.05, 0) is 24.3 Å². The van der Waals surface area contributed by atoms with Crippen LogP contribution in [0.3, 0.4) is 0 Å². The van der Waals surface area contributed by atoms with E-state index < -0.39 is 5.82 Å². The molecule has 0 bridgehead atoms. The van der Waals surface area contributed by atoms with Crippen LogP contribution in [0.25, 0.3) is 11.3 Å². The van der Waals surface area contributed by atoms with Crippen LogP contribution in [0, 0.1) is 12.7 Å². The van der Waals surface area contributed by atoms with Crippen LogP contribution >= 0.6 is 0 Å². The quantitative estimate of drug-likeness (QED) is 0.610. The number of urea groups is 1. The lowest BCUT2D eigenvalue weighted by Crippen LogP contribution is -2.51. The molecule has 3 aromatic rings. The molecular weight excluding hydrogens is 427 g/mol. The highest BCUT2D eigenvalue weighted by atomic mass is 19.1. The van der Waals surface area contributed by atoms with E-state index in [0.717, 1.165) is 11.3 Å². The molecule has 9 heteroatoms. The summed E-state index contributed by atoms with van der Waals surface area (Å²) < 4.78 is 30.5. The Morgan fingerprint density at radius 1 is 1.12 bits per heavy atom. The van der Waals surface area contributed by atoms with Crippen LogP contribution in [-0.4, -0.2) is 56.3 Å². The van der Waals surface area contributed by atoms with Crippen molar-refractivity contribution >= 4 is 11.7 Å². The molecule has 0 aliphatic carbocycles. The first-order chi connectivity index (χ1) is 16.0. The molecule has 2 heterocycles. The fourth-order valence-electron chi connectivity index (χ4n) is 3.91. The van der Waals surface area contributed by atoms with Crippen molar-refractivity contribution < 1.29 is 23.1 Å². The number of amides is 2. The van der Waals surface area contributed by atoms with Crippen LogP contribution in [0.2, 0.25) is 0 Å². The number of aryl methyl sites for hydroxylation is 1. The maximum atomic E-state index is 14.1. The smallest absolute Gasteiger partial charge is 0.317 e. The number of halogens is 1. The minimum atomic E-state index is -0.405. The van der Waals surface area contributed by atoms with Gasteiger partial charge in [-0.15, -0.1) is 0 Å². The van der Waals surface area contributed by atoms with Crippen LogP contribution < -0.4 is 19.7 Å². The van der Waals surface area contributed by atoms with Gasteiger partial charge in [-0.25, -0.2) is 14.2 Å². The van der Waals surface area contributed by atoms with E-state index in [0.29, 0.717) is 54.9 Å². The summed E-state index contributed by atoms with van der Waals surface area (Å²) >= 11 is 0. The van der Waals surface area contributed by atoms with Gasteiger partial charge >= 0.3 is 6.03 Å². The van der Waals surface area contributed by atoms with E-state index in [9.17, 15) is 9.18 Å². The highest BCUT2D eigenvalue weighted by Crippen LogP contribution is 2.34. The van der Waals surface area contributed by atoms with Gasteiger partial charge in [0, 0.05) is 50.4 Å². The average Bonchev–Trinajstić information content (AvgIpc) is 3.28. The first-order valence-electron chi connectivity index (χ1n) is 10.7. The molecule has 2 amide bonds. The lowest BCUT2D eigenvalue weighted by molar-refractivity contribution is 0.193. The summed E-state index contributed by atoms with van der Waals surface area (Å²) in [5, 5.41) is 2.80. The summed E-state index contributed by atoms with van der Waals surface area (Å²) in [7, 11) is 3.10. The zero-order valence-corrected chi connectivity index (χ0v) is 18.9. The van der Waals surface area contributed by atoms with E-state index in [1.807, 2.05) is 18.2 Å². The molecule has 0 saturated carbocycles. The van der Waals surface area contributed by atoms with Gasteiger partial charge in [0.2, 0.25) is 0 Å². The molecule has 8 nitrogen and oxygen atoms in total. The fourth-order valence-corrected chi connectivity index (χ4v) is 3.91. The number of aromatic nitrogens is 1. The molecule has 1 fully saturated rings. The number of nitrogens with one attached hydrogen (secondary N) is 1. The molecule has 2 aromatic carbocycles. The first-order valence-corrected chi connectivity index (χ1v) is 10.7. The lowest BCUT2D eigenvalue weighted by atomic mass is 10.1. The Balaban J connectivity index is 1.36. The van der Waals surface area contributed by atoms with Crippen molar-refractivity contribution in [2.45, 2.75) is 13.5 Å². The molecule has 1 aromatic heterocycles. The monoisotopic (exact) mass is 454 g/mol. The number of carbonyl (C=O) groups is 1. The van der Waals surface area contributed by atoms with Crippen molar-refractivity contribution in [1.29, 1.82) is 0 Å². The maximum absolute atomic E-state index is 14.1. The Morgan fingerprint density at radius 3 is 2.55 bits per heavy atom. The third-order valence-electron chi connectivity index (χ3n) is 5.72. The van der Waals surface area contributed by atoms with E-state index in [4.69, 9.17) is 13.9 Å². The second kappa shape index (κ2) is 9.81. The fraction of sp³-hybridized carbons (Fsp3) is 0.333. The Morgan fingerprint density at radius 2 is 1.88 bits per heavy atom. The molecule has 1 aliphatic rings. The zero-order valence-electron chi connectivity index (χ0n) is 18.9. The van der Waals surface area contributed by atoms with E-state index in [1.54, 1.807) is 37.3 Å². The van der Waals surface area contributed by atoms with Crippen LogP contribution in [0.4, 0.5) is 14.9 Å². The first kappa shape index (κ1) is 22.4. The number of ether oxygens (including phenoxy) is 2. The number of rotatable bonds is 6. The van der Waals surface area contributed by atoms with Gasteiger partial charge in [0.05, 0.1) is 32.5 Å². The van der Waals surface area contributed by atoms with Crippen molar-refractivity contribution in [1.82, 2.24) is 15.2 Å². The number of benzene rings is 2. The highest BCUT2D eigenvalue weighted by Gasteiger charge is 2.23. The Kier molecular flexibility index (Phi) is 6.67. The van der Waals surface area contributed by atoms with E-state index in [1.165, 1.54) is 13.2 Å². The average molecular weight is 455 g/mol.